The lowest BCUT2D eigenvalue weighted by molar-refractivity contribution is -0.242. The van der Waals surface area contributed by atoms with Gasteiger partial charge in [0.25, 0.3) is 11.8 Å². The van der Waals surface area contributed by atoms with Crippen molar-refractivity contribution in [3.8, 4) is 11.8 Å². The quantitative estimate of drug-likeness (QED) is 0.0753. The van der Waals surface area contributed by atoms with Crippen LogP contribution in [0.1, 0.15) is 66.8 Å². The van der Waals surface area contributed by atoms with Crippen LogP contribution < -0.4 is 25.8 Å². The summed E-state index contributed by atoms with van der Waals surface area (Å²) in [5.74, 6) is -1.33. The first-order valence-corrected chi connectivity index (χ1v) is 23.3. The molecule has 17 nitrogen and oxygen atoms in total. The molecule has 3 aromatic carbocycles. The van der Waals surface area contributed by atoms with Crippen molar-refractivity contribution in [1.29, 1.82) is 5.26 Å². The van der Waals surface area contributed by atoms with Crippen LogP contribution in [0.25, 0.3) is 0 Å². The number of aromatic nitrogens is 4. The summed E-state index contributed by atoms with van der Waals surface area (Å²) in [6, 6.07) is 17.2. The minimum absolute atomic E-state index is 0.0431. The van der Waals surface area contributed by atoms with Gasteiger partial charge in [-0.2, -0.15) is 10.2 Å². The number of ether oxygens (including phenoxy) is 2. The molecule has 2 aromatic heterocycles. The van der Waals surface area contributed by atoms with Crippen molar-refractivity contribution >= 4 is 78.2 Å². The smallest absolute Gasteiger partial charge is 0.271 e. The van der Waals surface area contributed by atoms with Crippen molar-refractivity contribution in [2.45, 2.75) is 58.8 Å². The van der Waals surface area contributed by atoms with Gasteiger partial charge in [0, 0.05) is 60.0 Å². The van der Waals surface area contributed by atoms with E-state index in [1.165, 1.54) is 37.1 Å². The van der Waals surface area contributed by atoms with E-state index < -0.39 is 32.6 Å². The van der Waals surface area contributed by atoms with Crippen LogP contribution >= 0.6 is 27.5 Å². The fourth-order valence-electron chi connectivity index (χ4n) is 8.84. The maximum Gasteiger partial charge on any atom is 0.271 e. The molecule has 1 saturated carbocycles. The Hall–Kier alpha value is -5.98. The standard InChI is InChI=1S/C44H46BrClFN11O6S/c1-43(2)40(44(3,4)41(43)64-31-13-8-26(21-48)33(46)20-31)58(39(60)27-22-50-25-51-23-27)57-16-14-30(15-17-57)63-18-19-65(61,62)56-29-11-9-28(10-12-29)53-42-52-24-32(45)38(55-42)54-35-7-5-6-34(47)36(35)37(49)59/h5-13,20,22-25,30,40-41,56H,14-19H2,1-4H3,(H2,49,59)(H2,52,53,54,55). The van der Waals surface area contributed by atoms with Gasteiger partial charge in [-0.3, -0.25) is 19.3 Å². The third kappa shape index (κ3) is 10.4. The molecule has 1 saturated heterocycles. The number of primary amides is 1. The summed E-state index contributed by atoms with van der Waals surface area (Å²) in [6.45, 7) is 9.15. The lowest BCUT2D eigenvalue weighted by Gasteiger charge is -2.67. The number of halogens is 3. The van der Waals surface area contributed by atoms with Crippen LogP contribution in [0.2, 0.25) is 5.02 Å². The number of amides is 2. The van der Waals surface area contributed by atoms with E-state index in [-0.39, 0.29) is 59.5 Å². The largest absolute Gasteiger partial charge is 0.489 e. The highest BCUT2D eigenvalue weighted by Crippen LogP contribution is 2.58. The van der Waals surface area contributed by atoms with Gasteiger partial charge in [0.05, 0.1) is 56.4 Å². The van der Waals surface area contributed by atoms with E-state index in [2.05, 4.69) is 85.0 Å². The number of carbonyl (C=O) groups excluding carboxylic acids is 2. The van der Waals surface area contributed by atoms with Crippen LogP contribution in [0.5, 0.6) is 5.75 Å². The van der Waals surface area contributed by atoms with Crippen LogP contribution in [0.3, 0.4) is 0 Å². The number of carbonyl (C=O) groups is 2. The Morgan fingerprint density at radius 1 is 1.02 bits per heavy atom. The maximum absolute atomic E-state index is 14.3. The lowest BCUT2D eigenvalue weighted by atomic mass is 9.49. The Kier molecular flexibility index (Phi) is 13.9. The molecule has 340 valence electrons. The molecule has 2 amide bonds. The number of hydrogen-bond donors (Lipinski definition) is 4. The third-order valence-corrected chi connectivity index (χ3v) is 13.6. The Morgan fingerprint density at radius 3 is 2.34 bits per heavy atom. The molecule has 5 N–H and O–H groups in total. The van der Waals surface area contributed by atoms with Gasteiger partial charge in [-0.25, -0.2) is 32.8 Å². The highest BCUT2D eigenvalue weighted by atomic mass is 79.9. The summed E-state index contributed by atoms with van der Waals surface area (Å²) >= 11 is 9.68. The van der Waals surface area contributed by atoms with E-state index in [0.717, 1.165) is 6.07 Å². The first kappa shape index (κ1) is 47.0. The normalized spacial score (nSPS) is 18.1. The molecule has 0 spiro atoms. The highest BCUT2D eigenvalue weighted by molar-refractivity contribution is 9.10. The molecule has 0 unspecified atom stereocenters. The van der Waals surface area contributed by atoms with Crippen molar-refractivity contribution in [3.05, 3.63) is 118 Å². The number of benzene rings is 3. The number of rotatable bonds is 16. The number of nitrogens with two attached hydrogens (primary N) is 1. The number of nitriles is 1. The van der Waals surface area contributed by atoms with Crippen molar-refractivity contribution in [2.75, 3.05) is 40.8 Å². The molecular formula is C44H46BrClFN11O6S. The molecule has 0 bridgehead atoms. The molecule has 2 fully saturated rings. The molecule has 3 heterocycles. The summed E-state index contributed by atoms with van der Waals surface area (Å²) < 4.78 is 56.2. The molecule has 0 radical (unpaired) electrons. The monoisotopic (exact) mass is 989 g/mol. The van der Waals surface area contributed by atoms with Crippen molar-refractivity contribution in [1.82, 2.24) is 30.0 Å². The van der Waals surface area contributed by atoms with E-state index in [4.69, 9.17) is 26.8 Å². The number of nitrogens with zero attached hydrogens (tertiary/aromatic N) is 7. The predicted molar refractivity (Wildman–Crippen MR) is 246 cm³/mol. The minimum atomic E-state index is -3.79. The summed E-state index contributed by atoms with van der Waals surface area (Å²) in [7, 11) is -3.79. The molecule has 1 aliphatic heterocycles. The minimum Gasteiger partial charge on any atom is -0.489 e. The molecule has 0 atom stereocenters. The molecule has 65 heavy (non-hydrogen) atoms. The van der Waals surface area contributed by atoms with E-state index in [1.54, 1.807) is 42.5 Å². The van der Waals surface area contributed by atoms with Crippen LogP contribution in [-0.2, 0) is 14.8 Å². The number of nitrogens with one attached hydrogen (secondary N) is 3. The summed E-state index contributed by atoms with van der Waals surface area (Å²) in [4.78, 5) is 43.1. The SMILES string of the molecule is CC1(C)C(Oc2ccc(C#N)c(Cl)c2)C(C)(C)C1N(C(=O)c1cncnc1)N1CCC(OCCS(=O)(=O)Nc2ccc(Nc3ncc(Br)c(Nc4cccc(F)c4C(N)=O)n3)cc2)CC1. The number of hydrazine groups is 1. The van der Waals surface area contributed by atoms with Gasteiger partial charge in [-0.15, -0.1) is 0 Å². The zero-order chi connectivity index (χ0) is 46.7. The topological polar surface area (TPSA) is 231 Å². The van der Waals surface area contributed by atoms with E-state index in [9.17, 15) is 27.7 Å². The number of piperidine rings is 1. The van der Waals surface area contributed by atoms with Gasteiger partial charge in [-0.1, -0.05) is 45.4 Å². The van der Waals surface area contributed by atoms with Gasteiger partial charge in [-0.05, 0) is 77.3 Å². The van der Waals surface area contributed by atoms with Crippen LogP contribution in [0, 0.1) is 28.0 Å². The average molecular weight is 991 g/mol. The summed E-state index contributed by atoms with van der Waals surface area (Å²) in [6.07, 6.45) is 6.37. The summed E-state index contributed by atoms with van der Waals surface area (Å²) in [5, 5.41) is 19.4. The Bertz CT molecular complexity index is 2710. The van der Waals surface area contributed by atoms with E-state index >= 15 is 0 Å². The number of anilines is 5. The maximum atomic E-state index is 14.3. The zero-order valence-corrected chi connectivity index (χ0v) is 38.9. The molecule has 1 aliphatic carbocycles. The second-order valence-electron chi connectivity index (χ2n) is 16.8. The van der Waals surface area contributed by atoms with Gasteiger partial charge < -0.3 is 25.8 Å². The Labute approximate surface area is 389 Å². The lowest BCUT2D eigenvalue weighted by Crippen LogP contribution is -2.77. The van der Waals surface area contributed by atoms with Crippen molar-refractivity contribution in [3.63, 3.8) is 0 Å². The molecule has 5 aromatic rings. The first-order chi connectivity index (χ1) is 30.9. The highest BCUT2D eigenvalue weighted by Gasteiger charge is 2.67. The van der Waals surface area contributed by atoms with Crippen LogP contribution in [0.4, 0.5) is 33.2 Å². The number of hydrogen-bond acceptors (Lipinski definition) is 14. The van der Waals surface area contributed by atoms with E-state index in [1.807, 2.05) is 10.0 Å². The fraction of sp³-hybridized carbons (Fsp3) is 0.341. The van der Waals surface area contributed by atoms with Gasteiger partial charge in [0.2, 0.25) is 16.0 Å². The van der Waals surface area contributed by atoms with Crippen molar-refractivity contribution < 1.29 is 31.9 Å². The Balaban J connectivity index is 0.931. The van der Waals surface area contributed by atoms with E-state index in [0.29, 0.717) is 63.7 Å². The van der Waals surface area contributed by atoms with Gasteiger partial charge >= 0.3 is 0 Å². The van der Waals surface area contributed by atoms with Crippen molar-refractivity contribution in [2.24, 2.45) is 16.6 Å². The fourth-order valence-corrected chi connectivity index (χ4v) is 10.3. The predicted octanol–water partition coefficient (Wildman–Crippen LogP) is 7.44. The second-order valence-corrected chi connectivity index (χ2v) is 19.9. The third-order valence-electron chi connectivity index (χ3n) is 11.4. The average Bonchev–Trinajstić information content (AvgIpc) is 3.26. The number of sulfonamides is 1. The molecule has 2 aliphatic rings. The summed E-state index contributed by atoms with van der Waals surface area (Å²) in [5.41, 5.74) is 5.68. The van der Waals surface area contributed by atoms with Crippen LogP contribution in [0.15, 0.2) is 90.1 Å². The molecule has 21 heteroatoms. The van der Waals surface area contributed by atoms with Gasteiger partial charge in [0.15, 0.2) is 0 Å². The zero-order valence-electron chi connectivity index (χ0n) is 35.8. The second kappa shape index (κ2) is 19.2. The first-order valence-electron chi connectivity index (χ1n) is 20.4. The molecule has 7 rings (SSSR count). The van der Waals surface area contributed by atoms with Gasteiger partial charge in [0.1, 0.15) is 35.9 Å². The molecular weight excluding hydrogens is 945 g/mol. The van der Waals surface area contributed by atoms with Crippen LogP contribution in [-0.4, -0.2) is 93.9 Å². The Morgan fingerprint density at radius 2 is 1.69 bits per heavy atom.